The number of ketones is 1. The number of carbonyl (C=O) groups excluding carboxylic acids is 1. The second-order valence-electron chi connectivity index (χ2n) is 4.38. The van der Waals surface area contributed by atoms with Gasteiger partial charge in [0.1, 0.15) is 0 Å². The number of carbonyl (C=O) groups is 1. The van der Waals surface area contributed by atoms with Crippen LogP contribution in [0.3, 0.4) is 0 Å². The average Bonchev–Trinajstić information content (AvgIpc) is 2.48. The molecule has 94 valence electrons. The minimum absolute atomic E-state index is 0.0264. The van der Waals surface area contributed by atoms with E-state index in [4.69, 9.17) is 4.74 Å². The van der Waals surface area contributed by atoms with Gasteiger partial charge in [-0.05, 0) is 17.7 Å². The molecule has 1 unspecified atom stereocenters. The number of Topliss-reactive ketones (excluding diaryl/α,β-unsaturated/α-hetero) is 1. The maximum atomic E-state index is 12.2. The largest absolute Gasteiger partial charge is 0.360 e. The van der Waals surface area contributed by atoms with Gasteiger partial charge in [0.25, 0.3) is 0 Å². The lowest BCUT2D eigenvalue weighted by molar-refractivity contribution is 0.0580. The van der Waals surface area contributed by atoms with Crippen molar-refractivity contribution in [3.63, 3.8) is 0 Å². The van der Waals surface area contributed by atoms with Gasteiger partial charge in [0.2, 0.25) is 0 Å². The Morgan fingerprint density at radius 2 is 1.74 bits per heavy atom. The number of rotatable bonds is 3. The summed E-state index contributed by atoms with van der Waals surface area (Å²) in [6, 6.07) is 17.1. The van der Waals surface area contributed by atoms with Gasteiger partial charge in [0.05, 0.1) is 12.3 Å². The van der Waals surface area contributed by atoms with E-state index in [1.165, 1.54) is 0 Å². The van der Waals surface area contributed by atoms with Crippen molar-refractivity contribution in [3.8, 4) is 0 Å². The molecule has 1 aliphatic rings. The molecule has 0 saturated carbocycles. The third kappa shape index (κ3) is 2.46. The number of benzene rings is 2. The maximum absolute atomic E-state index is 12.2. The highest BCUT2D eigenvalue weighted by molar-refractivity contribution is 6.14. The fraction of sp³-hybridized carbons (Fsp3) is 0.125. The van der Waals surface area contributed by atoms with Crippen LogP contribution in [0.4, 0.5) is 5.69 Å². The van der Waals surface area contributed by atoms with Crippen LogP contribution in [-0.2, 0) is 11.3 Å². The Labute approximate surface area is 111 Å². The highest BCUT2D eigenvalue weighted by Crippen LogP contribution is 2.24. The molecular weight excluding hydrogens is 238 g/mol. The van der Waals surface area contributed by atoms with Crippen LogP contribution in [0.1, 0.15) is 15.9 Å². The predicted octanol–water partition coefficient (Wildman–Crippen LogP) is 3.17. The summed E-state index contributed by atoms with van der Waals surface area (Å²) in [7, 11) is 0. The summed E-state index contributed by atoms with van der Waals surface area (Å²) in [6.07, 6.45) is 0.989. The molecule has 3 heteroatoms. The highest BCUT2D eigenvalue weighted by Gasteiger charge is 2.24. The van der Waals surface area contributed by atoms with Gasteiger partial charge in [0.15, 0.2) is 11.9 Å². The van der Waals surface area contributed by atoms with Crippen molar-refractivity contribution in [2.45, 2.75) is 12.7 Å². The highest BCUT2D eigenvalue weighted by atomic mass is 16.5. The first-order chi connectivity index (χ1) is 9.34. The van der Waals surface area contributed by atoms with Gasteiger partial charge in [-0.2, -0.15) is 0 Å². The van der Waals surface area contributed by atoms with Gasteiger partial charge in [-0.25, -0.2) is 0 Å². The third-order valence-electron chi connectivity index (χ3n) is 3.05. The van der Waals surface area contributed by atoms with Crippen molar-refractivity contribution < 1.29 is 9.53 Å². The van der Waals surface area contributed by atoms with Crippen molar-refractivity contribution in [1.29, 1.82) is 0 Å². The normalized spacial score (nSPS) is 17.3. The maximum Gasteiger partial charge on any atom is 0.199 e. The van der Waals surface area contributed by atoms with Gasteiger partial charge in [-0.1, -0.05) is 42.5 Å². The Balaban J connectivity index is 1.73. The molecule has 1 aliphatic heterocycles. The second kappa shape index (κ2) is 5.16. The van der Waals surface area contributed by atoms with E-state index in [0.717, 1.165) is 5.56 Å². The van der Waals surface area contributed by atoms with Crippen molar-refractivity contribution in [3.05, 3.63) is 65.7 Å². The first kappa shape index (κ1) is 11.8. The molecule has 19 heavy (non-hydrogen) atoms. The van der Waals surface area contributed by atoms with Crippen LogP contribution in [0.5, 0.6) is 0 Å². The first-order valence-corrected chi connectivity index (χ1v) is 6.17. The Morgan fingerprint density at radius 3 is 2.58 bits per heavy atom. The third-order valence-corrected chi connectivity index (χ3v) is 3.05. The molecule has 3 rings (SSSR count). The van der Waals surface area contributed by atoms with Crippen molar-refractivity contribution in [2.75, 3.05) is 0 Å². The summed E-state index contributed by atoms with van der Waals surface area (Å²) in [6.45, 7) is 0.408. The summed E-state index contributed by atoms with van der Waals surface area (Å²) in [5, 5.41) is 0. The fourth-order valence-electron chi connectivity index (χ4n) is 2.04. The van der Waals surface area contributed by atoms with E-state index in [1.807, 2.05) is 48.5 Å². The molecule has 1 atom stereocenters. The van der Waals surface area contributed by atoms with Crippen LogP contribution in [0.15, 0.2) is 59.6 Å². The number of aliphatic imine (C=N–C) groups is 1. The molecule has 0 amide bonds. The number of hydrogen-bond acceptors (Lipinski definition) is 3. The van der Waals surface area contributed by atoms with E-state index in [0.29, 0.717) is 17.9 Å². The SMILES string of the molecule is O=C1c2ccccc2N=CC1OCc1ccccc1. The monoisotopic (exact) mass is 251 g/mol. The lowest BCUT2D eigenvalue weighted by atomic mass is 10.0. The minimum Gasteiger partial charge on any atom is -0.360 e. The fourth-order valence-corrected chi connectivity index (χ4v) is 2.04. The van der Waals surface area contributed by atoms with Gasteiger partial charge >= 0.3 is 0 Å². The van der Waals surface area contributed by atoms with Crippen molar-refractivity contribution in [2.24, 2.45) is 4.99 Å². The number of nitrogens with zero attached hydrogens (tertiary/aromatic N) is 1. The molecule has 0 spiro atoms. The molecule has 0 N–H and O–H groups in total. The first-order valence-electron chi connectivity index (χ1n) is 6.17. The van der Waals surface area contributed by atoms with E-state index in [-0.39, 0.29) is 5.78 Å². The summed E-state index contributed by atoms with van der Waals surface area (Å²) in [5.41, 5.74) is 2.39. The van der Waals surface area contributed by atoms with E-state index in [2.05, 4.69) is 4.99 Å². The summed E-state index contributed by atoms with van der Waals surface area (Å²) >= 11 is 0. The van der Waals surface area contributed by atoms with Crippen molar-refractivity contribution >= 4 is 17.7 Å². The molecule has 0 aromatic heterocycles. The molecule has 0 fully saturated rings. The van der Waals surface area contributed by atoms with E-state index < -0.39 is 6.10 Å². The summed E-state index contributed by atoms with van der Waals surface area (Å²) in [4.78, 5) is 16.5. The van der Waals surface area contributed by atoms with Gasteiger partial charge in [-0.3, -0.25) is 9.79 Å². The van der Waals surface area contributed by atoms with Crippen LogP contribution in [0.25, 0.3) is 0 Å². The lowest BCUT2D eigenvalue weighted by Crippen LogP contribution is -2.28. The van der Waals surface area contributed by atoms with Gasteiger partial charge in [0, 0.05) is 11.8 Å². The number of hydrogen-bond donors (Lipinski definition) is 0. The van der Waals surface area contributed by atoms with Crippen molar-refractivity contribution in [1.82, 2.24) is 0 Å². The van der Waals surface area contributed by atoms with E-state index in [9.17, 15) is 4.79 Å². The van der Waals surface area contributed by atoms with Crippen LogP contribution in [-0.4, -0.2) is 18.1 Å². The molecule has 1 heterocycles. The molecule has 0 aliphatic carbocycles. The molecule has 2 aromatic rings. The standard InChI is InChI=1S/C16H13NO2/c18-16-13-8-4-5-9-14(13)17-10-15(16)19-11-12-6-2-1-3-7-12/h1-10,15H,11H2. The quantitative estimate of drug-likeness (QED) is 0.840. The molecular formula is C16H13NO2. The molecule has 0 saturated heterocycles. The topological polar surface area (TPSA) is 38.7 Å². The van der Waals surface area contributed by atoms with Crippen LogP contribution in [0, 0.1) is 0 Å². The Hall–Kier alpha value is -2.26. The Bertz CT molecular complexity index is 620. The van der Waals surface area contributed by atoms with Gasteiger partial charge < -0.3 is 4.74 Å². The Morgan fingerprint density at radius 1 is 1.00 bits per heavy atom. The molecule has 0 radical (unpaired) electrons. The summed E-state index contributed by atoms with van der Waals surface area (Å²) in [5.74, 6) is -0.0264. The number of fused-ring (bicyclic) bond motifs is 1. The molecule has 3 nitrogen and oxygen atoms in total. The summed E-state index contributed by atoms with van der Waals surface area (Å²) < 4.78 is 5.64. The Kier molecular flexibility index (Phi) is 3.21. The molecule has 0 bridgehead atoms. The van der Waals surface area contributed by atoms with E-state index >= 15 is 0 Å². The molecule has 2 aromatic carbocycles. The smallest absolute Gasteiger partial charge is 0.199 e. The number of para-hydroxylation sites is 1. The lowest BCUT2D eigenvalue weighted by Gasteiger charge is -2.17. The zero-order valence-electron chi connectivity index (χ0n) is 10.3. The van der Waals surface area contributed by atoms with Crippen LogP contribution < -0.4 is 0 Å². The zero-order chi connectivity index (χ0) is 13.1. The van der Waals surface area contributed by atoms with Gasteiger partial charge in [-0.15, -0.1) is 0 Å². The predicted molar refractivity (Wildman–Crippen MR) is 73.9 cm³/mol. The average molecular weight is 251 g/mol. The van der Waals surface area contributed by atoms with Crippen LogP contribution in [0.2, 0.25) is 0 Å². The zero-order valence-corrected chi connectivity index (χ0v) is 10.3. The van der Waals surface area contributed by atoms with Crippen LogP contribution >= 0.6 is 0 Å². The minimum atomic E-state index is -0.588. The van der Waals surface area contributed by atoms with E-state index in [1.54, 1.807) is 12.3 Å². The second-order valence-corrected chi connectivity index (χ2v) is 4.38. The number of ether oxygens (including phenoxy) is 1.